The van der Waals surface area contributed by atoms with E-state index < -0.39 is 10.7 Å². The Labute approximate surface area is 83.3 Å². The second kappa shape index (κ2) is 3.46. The predicted molar refractivity (Wildman–Crippen MR) is 54.7 cm³/mol. The maximum absolute atomic E-state index is 10.5. The Kier molecular flexibility index (Phi) is 2.29. The minimum atomic E-state index is -2.37. The topological polar surface area (TPSA) is 47.3 Å². The van der Waals surface area contributed by atoms with Crippen LogP contribution in [0.4, 0.5) is 0 Å². The van der Waals surface area contributed by atoms with Crippen LogP contribution in [0.15, 0.2) is 28.9 Å². The van der Waals surface area contributed by atoms with Crippen molar-refractivity contribution in [1.29, 1.82) is 0 Å². The summed E-state index contributed by atoms with van der Waals surface area (Å²) in [7, 11) is -2.37. The highest BCUT2D eigenvalue weighted by molar-refractivity contribution is 7.71. The average molecular weight is 209 g/mol. The molecule has 0 aliphatic heterocycles. The van der Waals surface area contributed by atoms with Crippen molar-refractivity contribution in [3.63, 3.8) is 0 Å². The zero-order valence-electron chi connectivity index (χ0n) is 7.40. The number of fused-ring (bicyclic) bond motifs is 1. The van der Waals surface area contributed by atoms with E-state index in [2.05, 4.69) is 6.92 Å². The van der Waals surface area contributed by atoms with Gasteiger partial charge in [-0.15, -0.1) is 0 Å². The third kappa shape index (κ3) is 1.65. The third-order valence-corrected chi connectivity index (χ3v) is 2.68. The Hall–Kier alpha value is -1.29. The molecule has 3 nitrogen and oxygen atoms in total. The van der Waals surface area contributed by atoms with E-state index in [0.717, 1.165) is 16.3 Å². The van der Waals surface area contributed by atoms with Crippen LogP contribution in [0.5, 0.6) is 0 Å². The van der Waals surface area contributed by atoms with E-state index in [0.29, 0.717) is 5.76 Å². The molecule has 0 bridgehead atoms. The molecule has 0 fully saturated rings. The first-order chi connectivity index (χ1) is 6.66. The Bertz CT molecular complexity index is 529. The number of benzene rings is 1. The number of hydrogen-bond acceptors (Lipinski definition) is 3. The first-order valence-corrected chi connectivity index (χ1v) is 5.47. The van der Waals surface area contributed by atoms with Gasteiger partial charge < -0.3 is 4.42 Å². The highest BCUT2D eigenvalue weighted by Gasteiger charge is 2.02. The van der Waals surface area contributed by atoms with Crippen LogP contribution in [-0.2, 0) is 16.5 Å². The lowest BCUT2D eigenvalue weighted by Crippen LogP contribution is -1.85. The molecule has 4 heteroatoms. The van der Waals surface area contributed by atoms with Crippen molar-refractivity contribution < 1.29 is 12.8 Å². The summed E-state index contributed by atoms with van der Waals surface area (Å²) in [6.07, 6.45) is 1.58. The molecule has 0 saturated heterocycles. The molecule has 0 N–H and O–H groups in total. The van der Waals surface area contributed by atoms with Gasteiger partial charge in [-0.25, -0.2) is 8.42 Å². The number of hydrogen-bond donors (Lipinski definition) is 1. The third-order valence-electron chi connectivity index (χ3n) is 2.06. The zero-order valence-corrected chi connectivity index (χ0v) is 8.29. The van der Waals surface area contributed by atoms with Crippen molar-refractivity contribution in [2.75, 3.05) is 0 Å². The molecule has 0 amide bonds. The van der Waals surface area contributed by atoms with Crippen LogP contribution in [0.1, 0.15) is 11.3 Å². The largest absolute Gasteiger partial charge is 0.468 e. The SMILES string of the molecule is [CH2]c1occ2cc(C[SH](=O)=O)ccc12. The van der Waals surface area contributed by atoms with Crippen molar-refractivity contribution in [3.8, 4) is 0 Å². The van der Waals surface area contributed by atoms with Gasteiger partial charge in [0.25, 0.3) is 0 Å². The van der Waals surface area contributed by atoms with Crippen molar-refractivity contribution >= 4 is 21.5 Å². The van der Waals surface area contributed by atoms with Crippen LogP contribution < -0.4 is 0 Å². The van der Waals surface area contributed by atoms with Gasteiger partial charge >= 0.3 is 0 Å². The van der Waals surface area contributed by atoms with Gasteiger partial charge in [-0.3, -0.25) is 0 Å². The molecule has 2 aromatic rings. The highest BCUT2D eigenvalue weighted by Crippen LogP contribution is 2.21. The van der Waals surface area contributed by atoms with Crippen LogP contribution in [0.2, 0.25) is 0 Å². The number of thiol groups is 1. The molecule has 1 radical (unpaired) electrons. The van der Waals surface area contributed by atoms with Crippen LogP contribution >= 0.6 is 0 Å². The number of furan rings is 1. The molecule has 0 unspecified atom stereocenters. The zero-order chi connectivity index (χ0) is 10.1. The fourth-order valence-corrected chi connectivity index (χ4v) is 1.90. The molecular formula is C10H9O3S. The Morgan fingerprint density at radius 1 is 1.36 bits per heavy atom. The van der Waals surface area contributed by atoms with Gasteiger partial charge in [0.15, 0.2) is 0 Å². The minimum Gasteiger partial charge on any atom is -0.468 e. The van der Waals surface area contributed by atoms with E-state index in [1.165, 1.54) is 0 Å². The quantitative estimate of drug-likeness (QED) is 0.766. The summed E-state index contributed by atoms with van der Waals surface area (Å²) in [6.45, 7) is 3.71. The monoisotopic (exact) mass is 209 g/mol. The van der Waals surface area contributed by atoms with Gasteiger partial charge in [0.05, 0.1) is 12.0 Å². The van der Waals surface area contributed by atoms with Crippen LogP contribution in [0, 0.1) is 6.92 Å². The highest BCUT2D eigenvalue weighted by atomic mass is 32.2. The molecule has 1 aromatic carbocycles. The summed E-state index contributed by atoms with van der Waals surface area (Å²) in [5.41, 5.74) is 0.773. The fourth-order valence-electron chi connectivity index (χ4n) is 1.41. The van der Waals surface area contributed by atoms with Crippen molar-refractivity contribution in [3.05, 3.63) is 42.7 Å². The second-order valence-electron chi connectivity index (χ2n) is 3.07. The van der Waals surface area contributed by atoms with Gasteiger partial charge in [-0.05, 0) is 11.6 Å². The molecule has 0 aliphatic rings. The Balaban J connectivity index is 2.51. The van der Waals surface area contributed by atoms with E-state index in [1.54, 1.807) is 18.4 Å². The van der Waals surface area contributed by atoms with Gasteiger partial charge in [0.1, 0.15) is 16.5 Å². The molecule has 73 valence electrons. The summed E-state index contributed by atoms with van der Waals surface area (Å²) in [5, 5.41) is 1.82. The smallest absolute Gasteiger partial charge is 0.144 e. The van der Waals surface area contributed by atoms with Crippen LogP contribution in [0.25, 0.3) is 10.8 Å². The second-order valence-corrected chi connectivity index (χ2v) is 4.05. The molecule has 0 saturated carbocycles. The summed E-state index contributed by atoms with van der Waals surface area (Å²) in [5.74, 6) is 0.682. The molecule has 1 aromatic heterocycles. The maximum Gasteiger partial charge on any atom is 0.144 e. The van der Waals surface area contributed by atoms with E-state index in [9.17, 15) is 8.42 Å². The van der Waals surface area contributed by atoms with E-state index in [4.69, 9.17) is 4.42 Å². The lowest BCUT2D eigenvalue weighted by atomic mass is 10.1. The first-order valence-electron chi connectivity index (χ1n) is 4.11. The van der Waals surface area contributed by atoms with E-state index >= 15 is 0 Å². The molecule has 0 aliphatic carbocycles. The van der Waals surface area contributed by atoms with Crippen molar-refractivity contribution in [1.82, 2.24) is 0 Å². The molecule has 14 heavy (non-hydrogen) atoms. The van der Waals surface area contributed by atoms with Gasteiger partial charge in [-0.2, -0.15) is 0 Å². The van der Waals surface area contributed by atoms with Crippen molar-refractivity contribution in [2.45, 2.75) is 5.75 Å². The lowest BCUT2D eigenvalue weighted by Gasteiger charge is -1.94. The summed E-state index contributed by atoms with van der Waals surface area (Å²) >= 11 is 0. The molecule has 0 spiro atoms. The summed E-state index contributed by atoms with van der Waals surface area (Å²) in [6, 6.07) is 5.41. The summed E-state index contributed by atoms with van der Waals surface area (Å²) < 4.78 is 26.1. The van der Waals surface area contributed by atoms with Crippen LogP contribution in [0.3, 0.4) is 0 Å². The lowest BCUT2D eigenvalue weighted by molar-refractivity contribution is 0.554. The van der Waals surface area contributed by atoms with Crippen molar-refractivity contribution in [2.24, 2.45) is 0 Å². The maximum atomic E-state index is 10.5. The van der Waals surface area contributed by atoms with Gasteiger partial charge in [-0.1, -0.05) is 12.1 Å². The standard InChI is InChI=1S/C10H9O3S/c1-7-10-3-2-8(6-14(11)12)4-9(10)5-13-7/h2-5,14H,1,6H2. The predicted octanol–water partition coefficient (Wildman–Crippen LogP) is 1.73. The average Bonchev–Trinajstić information content (AvgIpc) is 2.46. The molecular weight excluding hydrogens is 200 g/mol. The summed E-state index contributed by atoms with van der Waals surface area (Å²) in [4.78, 5) is 0. The normalized spacial score (nSPS) is 11.3. The van der Waals surface area contributed by atoms with E-state index in [-0.39, 0.29) is 5.75 Å². The van der Waals surface area contributed by atoms with Gasteiger partial charge in [0, 0.05) is 17.7 Å². The Morgan fingerprint density at radius 3 is 2.86 bits per heavy atom. The van der Waals surface area contributed by atoms with Crippen LogP contribution in [-0.4, -0.2) is 8.42 Å². The molecule has 0 atom stereocenters. The molecule has 2 rings (SSSR count). The van der Waals surface area contributed by atoms with E-state index in [1.807, 2.05) is 6.07 Å². The fraction of sp³-hybridized carbons (Fsp3) is 0.100. The minimum absolute atomic E-state index is 0.0724. The van der Waals surface area contributed by atoms with Gasteiger partial charge in [0.2, 0.25) is 0 Å². The first kappa shape index (κ1) is 9.27. The number of rotatable bonds is 2. The Morgan fingerprint density at radius 2 is 2.14 bits per heavy atom. The molecule has 1 heterocycles.